The highest BCUT2D eigenvalue weighted by Gasteiger charge is 2.10. The highest BCUT2D eigenvalue weighted by atomic mass is 35.5. The first-order valence-corrected chi connectivity index (χ1v) is 6.38. The number of nitrogen functional groups attached to an aromatic ring is 1. The zero-order valence-corrected chi connectivity index (χ0v) is 11.0. The van der Waals surface area contributed by atoms with Crippen molar-refractivity contribution in [2.24, 2.45) is 5.73 Å². The Balaban J connectivity index is 2.34. The van der Waals surface area contributed by atoms with Gasteiger partial charge in [-0.25, -0.2) is 0 Å². The third-order valence-corrected chi connectivity index (χ3v) is 3.63. The van der Waals surface area contributed by atoms with E-state index in [1.54, 1.807) is 18.2 Å². The SMILES string of the molecule is NC(=O)c1cc(Cl)ccc1Sc1ccc(N)cc1. The summed E-state index contributed by atoms with van der Waals surface area (Å²) in [7, 11) is 0. The number of carbonyl (C=O) groups is 1. The van der Waals surface area contributed by atoms with Gasteiger partial charge in [0.1, 0.15) is 0 Å². The van der Waals surface area contributed by atoms with Gasteiger partial charge in [-0.2, -0.15) is 0 Å². The summed E-state index contributed by atoms with van der Waals surface area (Å²) in [6, 6.07) is 12.5. The van der Waals surface area contributed by atoms with E-state index in [2.05, 4.69) is 0 Å². The highest BCUT2D eigenvalue weighted by molar-refractivity contribution is 7.99. The molecule has 0 unspecified atom stereocenters. The molecular formula is C13H11ClN2OS. The van der Waals surface area contributed by atoms with E-state index < -0.39 is 5.91 Å². The van der Waals surface area contributed by atoms with Crippen molar-refractivity contribution < 1.29 is 4.79 Å². The van der Waals surface area contributed by atoms with Gasteiger partial charge in [0.2, 0.25) is 5.91 Å². The Bertz CT molecular complexity index is 584. The van der Waals surface area contributed by atoms with Crippen molar-refractivity contribution in [1.82, 2.24) is 0 Å². The van der Waals surface area contributed by atoms with Gasteiger partial charge < -0.3 is 11.5 Å². The van der Waals surface area contributed by atoms with Gasteiger partial charge in [0.25, 0.3) is 0 Å². The van der Waals surface area contributed by atoms with E-state index in [9.17, 15) is 4.79 Å². The van der Waals surface area contributed by atoms with Crippen LogP contribution in [-0.4, -0.2) is 5.91 Å². The fourth-order valence-corrected chi connectivity index (χ4v) is 2.55. The average Bonchev–Trinajstić information content (AvgIpc) is 2.34. The number of anilines is 1. The Kier molecular flexibility index (Phi) is 3.79. The molecule has 3 nitrogen and oxygen atoms in total. The maximum atomic E-state index is 11.3. The first kappa shape index (κ1) is 12.8. The fraction of sp³-hybridized carbons (Fsp3) is 0. The van der Waals surface area contributed by atoms with Crippen LogP contribution in [0.5, 0.6) is 0 Å². The second-order valence-electron chi connectivity index (χ2n) is 3.68. The minimum absolute atomic E-state index is 0.421. The number of amides is 1. The van der Waals surface area contributed by atoms with Gasteiger partial charge in [0.15, 0.2) is 0 Å². The number of benzene rings is 2. The van der Waals surface area contributed by atoms with Crippen LogP contribution >= 0.6 is 23.4 Å². The molecule has 0 atom stereocenters. The van der Waals surface area contributed by atoms with Crippen LogP contribution in [0.3, 0.4) is 0 Å². The minimum atomic E-state index is -0.490. The van der Waals surface area contributed by atoms with Crippen molar-refractivity contribution in [3.05, 3.63) is 53.1 Å². The highest BCUT2D eigenvalue weighted by Crippen LogP contribution is 2.32. The van der Waals surface area contributed by atoms with Crippen molar-refractivity contribution in [1.29, 1.82) is 0 Å². The molecule has 2 aromatic carbocycles. The number of hydrogen-bond acceptors (Lipinski definition) is 3. The number of hydrogen-bond donors (Lipinski definition) is 2. The second kappa shape index (κ2) is 5.33. The zero-order valence-electron chi connectivity index (χ0n) is 9.39. The number of carbonyl (C=O) groups excluding carboxylic acids is 1. The summed E-state index contributed by atoms with van der Waals surface area (Å²) in [4.78, 5) is 13.1. The van der Waals surface area contributed by atoms with E-state index in [1.165, 1.54) is 11.8 Å². The van der Waals surface area contributed by atoms with Crippen LogP contribution in [0.25, 0.3) is 0 Å². The van der Waals surface area contributed by atoms with Gasteiger partial charge >= 0.3 is 0 Å². The van der Waals surface area contributed by atoms with Gasteiger partial charge in [-0.3, -0.25) is 4.79 Å². The quantitative estimate of drug-likeness (QED) is 0.847. The monoisotopic (exact) mass is 278 g/mol. The molecule has 2 rings (SSSR count). The van der Waals surface area contributed by atoms with E-state index in [1.807, 2.05) is 24.3 Å². The summed E-state index contributed by atoms with van der Waals surface area (Å²) >= 11 is 7.30. The number of halogens is 1. The Labute approximate surface area is 114 Å². The fourth-order valence-electron chi connectivity index (χ4n) is 1.45. The molecule has 4 N–H and O–H groups in total. The molecule has 0 aliphatic rings. The van der Waals surface area contributed by atoms with E-state index in [0.29, 0.717) is 16.3 Å². The molecule has 92 valence electrons. The number of rotatable bonds is 3. The van der Waals surface area contributed by atoms with Crippen molar-refractivity contribution in [3.8, 4) is 0 Å². The van der Waals surface area contributed by atoms with Crippen LogP contribution in [0.15, 0.2) is 52.3 Å². The van der Waals surface area contributed by atoms with Crippen LogP contribution in [0.2, 0.25) is 5.02 Å². The van der Waals surface area contributed by atoms with Gasteiger partial charge in [-0.1, -0.05) is 23.4 Å². The van der Waals surface area contributed by atoms with Gasteiger partial charge in [-0.05, 0) is 42.5 Å². The summed E-state index contributed by atoms with van der Waals surface area (Å²) in [6.07, 6.45) is 0. The van der Waals surface area contributed by atoms with Crippen LogP contribution in [0.4, 0.5) is 5.69 Å². The predicted molar refractivity (Wildman–Crippen MR) is 74.9 cm³/mol. The molecule has 0 fully saturated rings. The standard InChI is InChI=1S/C13H11ClN2OS/c14-8-1-6-12(11(7-8)13(16)17)18-10-4-2-9(15)3-5-10/h1-7H,15H2,(H2,16,17). The maximum Gasteiger partial charge on any atom is 0.249 e. The summed E-state index contributed by atoms with van der Waals surface area (Å²) in [6.45, 7) is 0. The number of nitrogens with two attached hydrogens (primary N) is 2. The largest absolute Gasteiger partial charge is 0.399 e. The Morgan fingerprint density at radius 3 is 2.39 bits per heavy atom. The lowest BCUT2D eigenvalue weighted by Crippen LogP contribution is -2.12. The van der Waals surface area contributed by atoms with E-state index in [4.69, 9.17) is 23.1 Å². The molecule has 0 radical (unpaired) electrons. The lowest BCUT2D eigenvalue weighted by atomic mass is 10.2. The number of primary amides is 1. The third-order valence-electron chi connectivity index (χ3n) is 2.31. The molecule has 5 heteroatoms. The molecule has 0 bridgehead atoms. The summed E-state index contributed by atoms with van der Waals surface area (Å²) in [5.41, 5.74) is 12.1. The lowest BCUT2D eigenvalue weighted by molar-refractivity contribution is 0.0997. The first-order valence-electron chi connectivity index (χ1n) is 5.19. The summed E-state index contributed by atoms with van der Waals surface area (Å²) in [5, 5.41) is 0.491. The Hall–Kier alpha value is -1.65. The van der Waals surface area contributed by atoms with Gasteiger partial charge in [0, 0.05) is 20.5 Å². The molecule has 0 heterocycles. The van der Waals surface area contributed by atoms with E-state index >= 15 is 0 Å². The first-order chi connectivity index (χ1) is 8.56. The third kappa shape index (κ3) is 2.97. The van der Waals surface area contributed by atoms with Crippen molar-refractivity contribution in [3.63, 3.8) is 0 Å². The zero-order chi connectivity index (χ0) is 13.1. The molecule has 0 saturated carbocycles. The normalized spacial score (nSPS) is 10.3. The minimum Gasteiger partial charge on any atom is -0.399 e. The van der Waals surface area contributed by atoms with Crippen molar-refractivity contribution in [2.45, 2.75) is 9.79 Å². The average molecular weight is 279 g/mol. The van der Waals surface area contributed by atoms with E-state index in [0.717, 1.165) is 9.79 Å². The molecule has 1 amide bonds. The van der Waals surface area contributed by atoms with Crippen LogP contribution < -0.4 is 11.5 Å². The van der Waals surface area contributed by atoms with Crippen molar-refractivity contribution in [2.75, 3.05) is 5.73 Å². The molecule has 0 spiro atoms. The Morgan fingerprint density at radius 1 is 1.11 bits per heavy atom. The molecule has 2 aromatic rings. The molecule has 0 aliphatic carbocycles. The lowest BCUT2D eigenvalue weighted by Gasteiger charge is -2.07. The van der Waals surface area contributed by atoms with Crippen LogP contribution in [0.1, 0.15) is 10.4 Å². The summed E-state index contributed by atoms with van der Waals surface area (Å²) in [5.74, 6) is -0.490. The summed E-state index contributed by atoms with van der Waals surface area (Å²) < 4.78 is 0. The Morgan fingerprint density at radius 2 is 1.78 bits per heavy atom. The van der Waals surface area contributed by atoms with Crippen LogP contribution in [0, 0.1) is 0 Å². The predicted octanol–water partition coefficient (Wildman–Crippen LogP) is 3.17. The molecular weight excluding hydrogens is 268 g/mol. The maximum absolute atomic E-state index is 11.3. The van der Waals surface area contributed by atoms with Crippen molar-refractivity contribution >= 4 is 35.0 Å². The second-order valence-corrected chi connectivity index (χ2v) is 5.23. The molecule has 0 aromatic heterocycles. The van der Waals surface area contributed by atoms with E-state index in [-0.39, 0.29) is 0 Å². The molecule has 0 saturated heterocycles. The molecule has 0 aliphatic heterocycles. The topological polar surface area (TPSA) is 69.1 Å². The smallest absolute Gasteiger partial charge is 0.249 e. The van der Waals surface area contributed by atoms with Gasteiger partial charge in [0.05, 0.1) is 5.56 Å². The molecule has 18 heavy (non-hydrogen) atoms. The van der Waals surface area contributed by atoms with Crippen LogP contribution in [-0.2, 0) is 0 Å². The van der Waals surface area contributed by atoms with Gasteiger partial charge in [-0.15, -0.1) is 0 Å².